The number of aromatic nitrogens is 3. The highest BCUT2D eigenvalue weighted by atomic mass is 32.2. The van der Waals surface area contributed by atoms with Gasteiger partial charge >= 0.3 is 15.9 Å². The number of aryl methyl sites for hydroxylation is 1. The Morgan fingerprint density at radius 2 is 1.41 bits per heavy atom. The number of carbonyl (C=O) groups is 2. The number of carbonyl (C=O) groups excluding carboxylic acids is 2. The zero-order chi connectivity index (χ0) is 51.8. The molecule has 3 fully saturated rings. The van der Waals surface area contributed by atoms with Crippen molar-refractivity contribution in [3.05, 3.63) is 179 Å². The summed E-state index contributed by atoms with van der Waals surface area (Å²) in [4.78, 5) is 48.3. The van der Waals surface area contributed by atoms with Crippen LogP contribution in [0, 0.1) is 5.82 Å². The number of ether oxygens (including phenoxy) is 4. The summed E-state index contributed by atoms with van der Waals surface area (Å²) in [6.07, 6.45) is 0.189. The van der Waals surface area contributed by atoms with Crippen LogP contribution in [0.25, 0.3) is 27.5 Å². The number of imidazole rings is 1. The third kappa shape index (κ3) is 10.2. The normalized spacial score (nSPS) is 16.2. The summed E-state index contributed by atoms with van der Waals surface area (Å²) in [5, 5.41) is 12.2. The SMILES string of the molecule is Cn1c(=O)n(-c2ccc(OCc3ccccc3)nc2OCc2ccccc2)c2ccc(N3CCC(O)(CC(=O)N4CC(Oc5ccc6cc(OCc7ccccc7)c(N7CC(=O)NS7(=O)=O)c(F)c6c5)C4)CC3)cc21. The van der Waals surface area contributed by atoms with Gasteiger partial charge in [-0.3, -0.25) is 18.7 Å². The summed E-state index contributed by atoms with van der Waals surface area (Å²) in [6.45, 7) is 1.38. The summed E-state index contributed by atoms with van der Waals surface area (Å²) in [5.74, 6) is -1.09. The van der Waals surface area contributed by atoms with Crippen LogP contribution < -0.4 is 38.6 Å². The molecule has 6 aromatic carbocycles. The predicted octanol–water partition coefficient (Wildman–Crippen LogP) is 6.95. The Morgan fingerprint density at radius 3 is 2.05 bits per heavy atom. The largest absolute Gasteiger partial charge is 0.487 e. The molecule has 0 aliphatic carbocycles. The van der Waals surface area contributed by atoms with Gasteiger partial charge < -0.3 is 33.9 Å². The molecule has 0 radical (unpaired) electrons. The van der Waals surface area contributed by atoms with Crippen molar-refractivity contribution in [2.75, 3.05) is 41.9 Å². The number of hydrogen-bond donors (Lipinski definition) is 2. The van der Waals surface area contributed by atoms with Gasteiger partial charge in [-0.25, -0.2) is 18.2 Å². The number of benzene rings is 6. The van der Waals surface area contributed by atoms with Gasteiger partial charge in [0.05, 0.1) is 36.1 Å². The molecule has 0 bridgehead atoms. The van der Waals surface area contributed by atoms with Crippen LogP contribution >= 0.6 is 0 Å². The maximum Gasteiger partial charge on any atom is 0.333 e. The number of anilines is 2. The summed E-state index contributed by atoms with van der Waals surface area (Å²) in [5.41, 5.74) is 3.43. The first-order valence-corrected chi connectivity index (χ1v) is 26.0. The minimum Gasteiger partial charge on any atom is -0.487 e. The van der Waals surface area contributed by atoms with E-state index < -0.39 is 45.9 Å². The number of hydrogen-bond acceptors (Lipinski definition) is 12. The van der Waals surface area contributed by atoms with Crippen molar-refractivity contribution in [2.45, 2.75) is 50.8 Å². The van der Waals surface area contributed by atoms with Crippen LogP contribution in [0.5, 0.6) is 23.3 Å². The molecule has 8 aromatic rings. The standard InChI is InChI=1S/C56H52FN7O10S/c1-60-47-28-41(18-20-45(47)64(55(60)67)46-21-22-50(72-35-38-13-7-3-8-14-38)58-54(46)73-36-39-15-9-4-10-16-39)61-25-23-56(68,24-26-61)30-51(66)62-31-43(32-62)74-42-19-17-40-27-48(71-34-37-11-5-2-6-12-37)53(52(57)44(40)29-42)63-33-49(65)59-75(63,69)70/h2-22,27-29,43,68H,23-26,30-36H2,1H3,(H,59,65). The van der Waals surface area contributed by atoms with Crippen molar-refractivity contribution >= 4 is 55.2 Å². The average Bonchev–Trinajstić information content (AvgIpc) is 3.83. The highest BCUT2D eigenvalue weighted by molar-refractivity contribution is 7.92. The lowest BCUT2D eigenvalue weighted by molar-refractivity contribution is -0.146. The van der Waals surface area contributed by atoms with Gasteiger partial charge in [0.25, 0.3) is 5.91 Å². The highest BCUT2D eigenvalue weighted by Crippen LogP contribution is 2.41. The third-order valence-corrected chi connectivity index (χ3v) is 15.3. The Labute approximate surface area is 431 Å². The summed E-state index contributed by atoms with van der Waals surface area (Å²) in [6, 6.07) is 44.2. The Bertz CT molecular complexity index is 3620. The van der Waals surface area contributed by atoms with Gasteiger partial charge in [0, 0.05) is 37.3 Å². The van der Waals surface area contributed by atoms with Gasteiger partial charge in [0.15, 0.2) is 5.82 Å². The first-order valence-electron chi connectivity index (χ1n) is 24.5. The lowest BCUT2D eigenvalue weighted by Crippen LogP contribution is -2.58. The van der Waals surface area contributed by atoms with Gasteiger partial charge in [0.1, 0.15) is 55.3 Å². The van der Waals surface area contributed by atoms with Crippen LogP contribution in [0.4, 0.5) is 15.8 Å². The first-order chi connectivity index (χ1) is 36.3. The number of halogens is 1. The third-order valence-electron chi connectivity index (χ3n) is 13.9. The number of rotatable bonds is 16. The maximum atomic E-state index is 16.5. The second-order valence-electron chi connectivity index (χ2n) is 19.0. The topological polar surface area (TPSA) is 187 Å². The van der Waals surface area contributed by atoms with Gasteiger partial charge in [-0.2, -0.15) is 13.4 Å². The summed E-state index contributed by atoms with van der Waals surface area (Å²) >= 11 is 0. The second-order valence-corrected chi connectivity index (χ2v) is 20.6. The molecule has 3 aliphatic rings. The number of amides is 2. The fourth-order valence-electron chi connectivity index (χ4n) is 9.74. The van der Waals surface area contributed by atoms with E-state index >= 15 is 4.39 Å². The predicted molar refractivity (Wildman–Crippen MR) is 279 cm³/mol. The molecule has 75 heavy (non-hydrogen) atoms. The molecule has 2 amide bonds. The zero-order valence-corrected chi connectivity index (χ0v) is 41.6. The number of likely N-dealkylation sites (tertiary alicyclic amines) is 1. The van der Waals surface area contributed by atoms with E-state index in [-0.39, 0.29) is 61.3 Å². The van der Waals surface area contributed by atoms with E-state index in [0.717, 1.165) is 22.4 Å². The fraction of sp³-hybridized carbons (Fsp3) is 0.250. The van der Waals surface area contributed by atoms with E-state index in [2.05, 4.69) is 4.90 Å². The lowest BCUT2D eigenvalue weighted by atomic mass is 9.87. The highest BCUT2D eigenvalue weighted by Gasteiger charge is 2.41. The number of pyridine rings is 1. The number of fused-ring (bicyclic) bond motifs is 2. The van der Waals surface area contributed by atoms with Gasteiger partial charge in [-0.05, 0) is 77.4 Å². The smallest absolute Gasteiger partial charge is 0.333 e. The van der Waals surface area contributed by atoms with Crippen molar-refractivity contribution < 1.29 is 46.5 Å². The van der Waals surface area contributed by atoms with Crippen LogP contribution in [0.2, 0.25) is 0 Å². The van der Waals surface area contributed by atoms with Crippen molar-refractivity contribution in [3.63, 3.8) is 0 Å². The molecule has 3 saturated heterocycles. The molecule has 11 rings (SSSR count). The average molecular weight is 1030 g/mol. The number of piperidine rings is 1. The monoisotopic (exact) mass is 1030 g/mol. The maximum absolute atomic E-state index is 16.5. The Kier molecular flexibility index (Phi) is 13.1. The Morgan fingerprint density at radius 1 is 0.773 bits per heavy atom. The number of aliphatic hydroxyl groups is 1. The molecule has 3 aliphatic heterocycles. The Hall–Kier alpha value is -8.42. The summed E-state index contributed by atoms with van der Waals surface area (Å²) in [7, 11) is -2.66. The van der Waals surface area contributed by atoms with Crippen molar-refractivity contribution in [3.8, 4) is 28.9 Å². The first kappa shape index (κ1) is 48.8. The number of nitrogens with one attached hydrogen (secondary N) is 1. The van der Waals surface area contributed by atoms with Gasteiger partial charge in [-0.15, -0.1) is 0 Å². The van der Waals surface area contributed by atoms with Crippen LogP contribution in [-0.4, -0.2) is 88.8 Å². The van der Waals surface area contributed by atoms with Crippen LogP contribution in [0.15, 0.2) is 150 Å². The molecule has 2 aromatic heterocycles. The molecule has 384 valence electrons. The molecular formula is C56H52FN7O10S. The number of nitrogens with zero attached hydrogens (tertiary/aromatic N) is 6. The van der Waals surface area contributed by atoms with Gasteiger partial charge in [0.2, 0.25) is 17.7 Å². The van der Waals surface area contributed by atoms with Crippen LogP contribution in [0.3, 0.4) is 0 Å². The van der Waals surface area contributed by atoms with Crippen molar-refractivity contribution in [1.29, 1.82) is 0 Å². The summed E-state index contributed by atoms with van der Waals surface area (Å²) < 4.78 is 72.6. The van der Waals surface area contributed by atoms with E-state index in [1.165, 1.54) is 12.1 Å². The molecule has 0 atom stereocenters. The molecule has 5 heterocycles. The van der Waals surface area contributed by atoms with E-state index in [1.807, 2.05) is 114 Å². The molecular weight excluding hydrogens is 982 g/mol. The molecule has 0 saturated carbocycles. The van der Waals surface area contributed by atoms with E-state index in [9.17, 15) is 27.9 Å². The van der Waals surface area contributed by atoms with Gasteiger partial charge in [-0.1, -0.05) is 97.1 Å². The second kappa shape index (κ2) is 20.1. The lowest BCUT2D eigenvalue weighted by Gasteiger charge is -2.43. The van der Waals surface area contributed by atoms with Crippen molar-refractivity contribution in [1.82, 2.24) is 23.7 Å². The van der Waals surface area contributed by atoms with E-state index in [0.29, 0.717) is 70.6 Å². The van der Waals surface area contributed by atoms with E-state index in [4.69, 9.17) is 23.9 Å². The fourth-order valence-corrected chi connectivity index (χ4v) is 10.9. The molecule has 2 N–H and O–H groups in total. The minimum atomic E-state index is -4.38. The minimum absolute atomic E-state index is 0.0242. The molecule has 19 heteroatoms. The molecule has 17 nitrogen and oxygen atoms in total. The quantitative estimate of drug-likeness (QED) is 0.102. The Balaban J connectivity index is 0.731. The van der Waals surface area contributed by atoms with Crippen LogP contribution in [-0.2, 0) is 46.7 Å². The molecule has 0 unspecified atom stereocenters. The zero-order valence-electron chi connectivity index (χ0n) is 40.8. The van der Waals surface area contributed by atoms with Crippen LogP contribution in [0.1, 0.15) is 36.0 Å². The van der Waals surface area contributed by atoms with E-state index in [1.54, 1.807) is 45.3 Å². The van der Waals surface area contributed by atoms with Crippen molar-refractivity contribution in [2.24, 2.45) is 7.05 Å². The molecule has 0 spiro atoms.